The van der Waals surface area contributed by atoms with Crippen LogP contribution in [-0.4, -0.2) is 34.3 Å². The van der Waals surface area contributed by atoms with Gasteiger partial charge in [-0.2, -0.15) is 0 Å². The smallest absolute Gasteiger partial charge is 0.257 e. The molecule has 0 aliphatic heterocycles. The Balaban J connectivity index is 2.94. The van der Waals surface area contributed by atoms with Crippen molar-refractivity contribution in [3.8, 4) is 5.75 Å². The van der Waals surface area contributed by atoms with E-state index >= 15 is 0 Å². The summed E-state index contributed by atoms with van der Waals surface area (Å²) in [7, 11) is 0. The molecule has 0 aliphatic rings. The van der Waals surface area contributed by atoms with E-state index in [2.05, 4.69) is 15.9 Å². The first-order valence-electron chi connectivity index (χ1n) is 4.94. The monoisotopic (exact) mass is 305 g/mol. The summed E-state index contributed by atoms with van der Waals surface area (Å²) in [5.74, 6) is -0.262. The van der Waals surface area contributed by atoms with E-state index in [1.54, 1.807) is 11.0 Å². The van der Waals surface area contributed by atoms with Crippen molar-refractivity contribution in [2.75, 3.05) is 18.4 Å². The summed E-state index contributed by atoms with van der Waals surface area (Å²) in [6.07, 6.45) is 0. The van der Waals surface area contributed by atoms with Gasteiger partial charge in [-0.25, -0.2) is 0 Å². The lowest BCUT2D eigenvalue weighted by atomic mass is 10.1. The molecule has 3 nitrogen and oxygen atoms in total. The van der Waals surface area contributed by atoms with Crippen molar-refractivity contribution >= 4 is 33.4 Å². The lowest BCUT2D eigenvalue weighted by Crippen LogP contribution is -2.32. The number of alkyl halides is 1. The average Bonchev–Trinajstić information content (AvgIpc) is 2.25. The molecule has 0 fully saturated rings. The van der Waals surface area contributed by atoms with Crippen LogP contribution in [0.25, 0.3) is 0 Å². The van der Waals surface area contributed by atoms with Gasteiger partial charge in [0, 0.05) is 23.4 Å². The van der Waals surface area contributed by atoms with Crippen LogP contribution in [0.4, 0.5) is 0 Å². The maximum Gasteiger partial charge on any atom is 0.257 e. The summed E-state index contributed by atoms with van der Waals surface area (Å²) < 4.78 is 0. The average molecular weight is 307 g/mol. The fourth-order valence-corrected chi connectivity index (χ4v) is 1.96. The zero-order valence-electron chi connectivity index (χ0n) is 8.91. The number of aromatic hydroxyl groups is 1. The van der Waals surface area contributed by atoms with Gasteiger partial charge in [0.15, 0.2) is 0 Å². The highest BCUT2D eigenvalue weighted by molar-refractivity contribution is 9.09. The molecule has 0 bridgehead atoms. The molecule has 1 N–H and O–H groups in total. The van der Waals surface area contributed by atoms with Crippen LogP contribution in [0.3, 0.4) is 0 Å². The predicted octanol–water partition coefficient (Wildman–Crippen LogP) is 2.90. The molecule has 0 aliphatic carbocycles. The Morgan fingerprint density at radius 2 is 2.25 bits per heavy atom. The van der Waals surface area contributed by atoms with Gasteiger partial charge in [-0.3, -0.25) is 4.79 Å². The molecule has 0 spiro atoms. The summed E-state index contributed by atoms with van der Waals surface area (Å²) in [5.41, 5.74) is 0.284. The number of phenols is 1. The number of carbonyl (C=O) groups excluding carboxylic acids is 1. The van der Waals surface area contributed by atoms with Crippen LogP contribution in [0.5, 0.6) is 5.75 Å². The van der Waals surface area contributed by atoms with Gasteiger partial charge in [-0.05, 0) is 25.1 Å². The summed E-state index contributed by atoms with van der Waals surface area (Å²) in [6.45, 7) is 3.11. The highest BCUT2D eigenvalue weighted by Crippen LogP contribution is 2.23. The first-order valence-corrected chi connectivity index (χ1v) is 6.43. The number of hydrogen-bond donors (Lipinski definition) is 1. The van der Waals surface area contributed by atoms with E-state index in [-0.39, 0.29) is 17.2 Å². The van der Waals surface area contributed by atoms with Crippen molar-refractivity contribution in [3.63, 3.8) is 0 Å². The Morgan fingerprint density at radius 1 is 1.56 bits per heavy atom. The van der Waals surface area contributed by atoms with E-state index in [0.717, 1.165) is 0 Å². The van der Waals surface area contributed by atoms with Crippen molar-refractivity contribution in [3.05, 3.63) is 28.8 Å². The van der Waals surface area contributed by atoms with Gasteiger partial charge in [0.2, 0.25) is 0 Å². The SMILES string of the molecule is CCN(CCBr)C(=O)c1ccc(Cl)cc1O. The van der Waals surface area contributed by atoms with E-state index in [0.29, 0.717) is 23.4 Å². The fourth-order valence-electron chi connectivity index (χ4n) is 1.36. The Morgan fingerprint density at radius 3 is 2.75 bits per heavy atom. The van der Waals surface area contributed by atoms with Gasteiger partial charge in [-0.1, -0.05) is 27.5 Å². The standard InChI is InChI=1S/C11H13BrClNO2/c1-2-14(6-5-12)11(16)9-4-3-8(13)7-10(9)15/h3-4,7,15H,2,5-6H2,1H3. The number of phenolic OH excluding ortho intramolecular Hbond substituents is 1. The van der Waals surface area contributed by atoms with Crippen molar-refractivity contribution < 1.29 is 9.90 Å². The molecule has 0 saturated heterocycles. The second kappa shape index (κ2) is 6.11. The largest absolute Gasteiger partial charge is 0.507 e. The maximum atomic E-state index is 12.0. The Hall–Kier alpha value is -0.740. The Kier molecular flexibility index (Phi) is 5.09. The van der Waals surface area contributed by atoms with E-state index in [1.807, 2.05) is 6.92 Å². The first kappa shape index (κ1) is 13.3. The molecular formula is C11H13BrClNO2. The van der Waals surface area contributed by atoms with Crippen LogP contribution in [0.15, 0.2) is 18.2 Å². The van der Waals surface area contributed by atoms with Crippen LogP contribution < -0.4 is 0 Å². The zero-order valence-corrected chi connectivity index (χ0v) is 11.3. The summed E-state index contributed by atoms with van der Waals surface area (Å²) >= 11 is 8.99. The molecular weight excluding hydrogens is 293 g/mol. The number of benzene rings is 1. The van der Waals surface area contributed by atoms with Gasteiger partial charge in [0.1, 0.15) is 5.75 Å². The van der Waals surface area contributed by atoms with Crippen molar-refractivity contribution in [1.82, 2.24) is 4.90 Å². The number of rotatable bonds is 4. The third-order valence-electron chi connectivity index (χ3n) is 2.21. The third kappa shape index (κ3) is 3.12. The highest BCUT2D eigenvalue weighted by atomic mass is 79.9. The second-order valence-electron chi connectivity index (χ2n) is 3.24. The number of amides is 1. The maximum absolute atomic E-state index is 12.0. The van der Waals surface area contributed by atoms with E-state index in [4.69, 9.17) is 11.6 Å². The summed E-state index contributed by atoms with van der Waals surface area (Å²) in [4.78, 5) is 13.7. The lowest BCUT2D eigenvalue weighted by molar-refractivity contribution is 0.0772. The number of nitrogens with zero attached hydrogens (tertiary/aromatic N) is 1. The molecule has 1 rings (SSSR count). The van der Waals surface area contributed by atoms with Gasteiger partial charge in [-0.15, -0.1) is 0 Å². The van der Waals surface area contributed by atoms with E-state index in [1.165, 1.54) is 12.1 Å². The van der Waals surface area contributed by atoms with Gasteiger partial charge in [0.05, 0.1) is 5.56 Å². The van der Waals surface area contributed by atoms with Crippen LogP contribution in [0.1, 0.15) is 17.3 Å². The van der Waals surface area contributed by atoms with Crippen LogP contribution in [0.2, 0.25) is 5.02 Å². The van der Waals surface area contributed by atoms with Crippen LogP contribution >= 0.6 is 27.5 Å². The number of carbonyl (C=O) groups is 1. The predicted molar refractivity (Wildman–Crippen MR) is 68.5 cm³/mol. The summed E-state index contributed by atoms with van der Waals surface area (Å²) in [5, 5.41) is 10.8. The molecule has 88 valence electrons. The summed E-state index contributed by atoms with van der Waals surface area (Å²) in [6, 6.07) is 4.50. The van der Waals surface area contributed by atoms with Crippen LogP contribution in [0, 0.1) is 0 Å². The Bertz CT molecular complexity index is 384. The molecule has 0 saturated carbocycles. The van der Waals surface area contributed by atoms with Crippen molar-refractivity contribution in [2.24, 2.45) is 0 Å². The molecule has 0 radical (unpaired) electrons. The van der Waals surface area contributed by atoms with Crippen molar-refractivity contribution in [1.29, 1.82) is 0 Å². The molecule has 0 heterocycles. The van der Waals surface area contributed by atoms with Gasteiger partial charge >= 0.3 is 0 Å². The molecule has 1 aromatic carbocycles. The van der Waals surface area contributed by atoms with E-state index < -0.39 is 0 Å². The number of halogens is 2. The molecule has 1 amide bonds. The normalized spacial score (nSPS) is 10.2. The number of hydrogen-bond acceptors (Lipinski definition) is 2. The molecule has 0 unspecified atom stereocenters. The van der Waals surface area contributed by atoms with Gasteiger partial charge < -0.3 is 10.0 Å². The minimum atomic E-state index is -0.184. The minimum Gasteiger partial charge on any atom is -0.507 e. The molecule has 0 atom stereocenters. The molecule has 1 aromatic rings. The first-order chi connectivity index (χ1) is 7.60. The molecule has 16 heavy (non-hydrogen) atoms. The Labute approximate surface area is 108 Å². The fraction of sp³-hybridized carbons (Fsp3) is 0.364. The molecule has 0 aromatic heterocycles. The van der Waals surface area contributed by atoms with Crippen molar-refractivity contribution in [2.45, 2.75) is 6.92 Å². The van der Waals surface area contributed by atoms with E-state index in [9.17, 15) is 9.90 Å². The molecule has 5 heteroatoms. The zero-order chi connectivity index (χ0) is 12.1. The third-order valence-corrected chi connectivity index (χ3v) is 2.80. The van der Waals surface area contributed by atoms with Crippen LogP contribution in [-0.2, 0) is 0 Å². The quantitative estimate of drug-likeness (QED) is 0.869. The topological polar surface area (TPSA) is 40.5 Å². The lowest BCUT2D eigenvalue weighted by Gasteiger charge is -2.20. The highest BCUT2D eigenvalue weighted by Gasteiger charge is 2.17. The second-order valence-corrected chi connectivity index (χ2v) is 4.46. The minimum absolute atomic E-state index is 0.0782. The van der Waals surface area contributed by atoms with Gasteiger partial charge in [0.25, 0.3) is 5.91 Å².